The van der Waals surface area contributed by atoms with Gasteiger partial charge in [0.25, 0.3) is 0 Å². The highest BCUT2D eigenvalue weighted by atomic mass is 35.5. The van der Waals surface area contributed by atoms with E-state index in [1.807, 2.05) is 11.8 Å². The Kier molecular flexibility index (Phi) is 7.51. The maximum absolute atomic E-state index is 12.4. The van der Waals surface area contributed by atoms with Crippen LogP contribution in [0.3, 0.4) is 0 Å². The van der Waals surface area contributed by atoms with Gasteiger partial charge in [-0.25, -0.2) is 9.78 Å². The van der Waals surface area contributed by atoms with Crippen LogP contribution in [0.15, 0.2) is 58.1 Å². The quantitative estimate of drug-likeness (QED) is 0.191. The zero-order valence-corrected chi connectivity index (χ0v) is 22.0. The molecular weight excluding hydrogens is 523 g/mol. The molecule has 1 atom stereocenters. The molecular formula is C26H22Cl2N2O3S2. The van der Waals surface area contributed by atoms with E-state index < -0.39 is 5.97 Å². The van der Waals surface area contributed by atoms with E-state index in [0.717, 1.165) is 5.75 Å². The predicted molar refractivity (Wildman–Crippen MR) is 144 cm³/mol. The number of fused-ring (bicyclic) bond motifs is 3. The number of hydrogen-bond donors (Lipinski definition) is 1. The summed E-state index contributed by atoms with van der Waals surface area (Å²) in [5, 5.41) is 7.09. The van der Waals surface area contributed by atoms with E-state index in [-0.39, 0.29) is 18.4 Å². The molecule has 180 valence electrons. The fourth-order valence-electron chi connectivity index (χ4n) is 4.13. The van der Waals surface area contributed by atoms with Crippen molar-refractivity contribution in [3.63, 3.8) is 0 Å². The molecule has 2 aromatic heterocycles. The van der Waals surface area contributed by atoms with Gasteiger partial charge in [-0.3, -0.25) is 0 Å². The van der Waals surface area contributed by atoms with Crippen LogP contribution in [-0.2, 0) is 15.2 Å². The molecule has 0 saturated heterocycles. The molecule has 1 unspecified atom stereocenters. The first-order valence-electron chi connectivity index (χ1n) is 11.2. The van der Waals surface area contributed by atoms with Crippen LogP contribution in [0.2, 0.25) is 10.0 Å². The number of hydrogen-bond acceptors (Lipinski definition) is 7. The molecule has 0 bridgehead atoms. The predicted octanol–water partition coefficient (Wildman–Crippen LogP) is 7.60. The van der Waals surface area contributed by atoms with Gasteiger partial charge in [0, 0.05) is 34.0 Å². The molecule has 1 aliphatic heterocycles. The lowest BCUT2D eigenvalue weighted by atomic mass is 9.99. The number of thioether (sulfide) groups is 1. The number of pyridine rings is 1. The Morgan fingerprint density at radius 3 is 2.89 bits per heavy atom. The molecule has 2 aromatic carbocycles. The summed E-state index contributed by atoms with van der Waals surface area (Å²) in [6.45, 7) is 2.97. The van der Waals surface area contributed by atoms with Gasteiger partial charge in [-0.2, -0.15) is 0 Å². The molecule has 0 aliphatic carbocycles. The first kappa shape index (κ1) is 24.4. The first-order chi connectivity index (χ1) is 17.0. The largest absolute Gasteiger partial charge is 0.461 e. The lowest BCUT2D eigenvalue weighted by molar-refractivity contribution is 0.0520. The third kappa shape index (κ3) is 5.15. The first-order valence-corrected chi connectivity index (χ1v) is 13.8. The maximum Gasteiger partial charge on any atom is 0.357 e. The Balaban J connectivity index is 1.38. The Bertz CT molecular complexity index is 1390. The summed E-state index contributed by atoms with van der Waals surface area (Å²) in [5.41, 5.74) is 5.10. The second-order valence-corrected chi connectivity index (χ2v) is 10.9. The summed E-state index contributed by atoms with van der Waals surface area (Å²) >= 11 is 16.3. The van der Waals surface area contributed by atoms with E-state index in [0.29, 0.717) is 39.8 Å². The fraction of sp³-hybridized carbons (Fsp3) is 0.231. The molecule has 0 spiro atoms. The van der Waals surface area contributed by atoms with Crippen molar-refractivity contribution in [2.45, 2.75) is 23.0 Å². The number of aromatic nitrogens is 1. The van der Waals surface area contributed by atoms with E-state index >= 15 is 0 Å². The summed E-state index contributed by atoms with van der Waals surface area (Å²) in [7, 11) is 0. The number of benzene rings is 2. The fourth-order valence-corrected chi connectivity index (χ4v) is 6.87. The Morgan fingerprint density at radius 1 is 1.17 bits per heavy atom. The van der Waals surface area contributed by atoms with Crippen LogP contribution in [0.4, 0.5) is 5.69 Å². The molecule has 3 heterocycles. The van der Waals surface area contributed by atoms with Crippen LogP contribution in [0, 0.1) is 0 Å². The van der Waals surface area contributed by atoms with Crippen LogP contribution in [-0.4, -0.2) is 30.7 Å². The lowest BCUT2D eigenvalue weighted by Crippen LogP contribution is -2.15. The topological polar surface area (TPSA) is 60.5 Å². The highest BCUT2D eigenvalue weighted by molar-refractivity contribution is 8.00. The van der Waals surface area contributed by atoms with Gasteiger partial charge in [-0.1, -0.05) is 47.5 Å². The molecule has 0 radical (unpaired) electrons. The van der Waals surface area contributed by atoms with E-state index in [9.17, 15) is 4.79 Å². The molecule has 1 aliphatic rings. The number of rotatable bonds is 7. The van der Waals surface area contributed by atoms with Crippen LogP contribution >= 0.6 is 46.3 Å². The van der Waals surface area contributed by atoms with Crippen molar-refractivity contribution in [1.82, 2.24) is 4.98 Å². The van der Waals surface area contributed by atoms with Crippen LogP contribution in [0.25, 0.3) is 10.9 Å². The molecule has 0 fully saturated rings. The van der Waals surface area contributed by atoms with E-state index in [4.69, 9.17) is 32.7 Å². The molecule has 4 aromatic rings. The summed E-state index contributed by atoms with van der Waals surface area (Å²) < 4.78 is 12.9. The molecule has 1 N–H and O–H groups in total. The highest BCUT2D eigenvalue weighted by Crippen LogP contribution is 2.43. The third-order valence-corrected chi connectivity index (χ3v) is 8.48. The van der Waals surface area contributed by atoms with Gasteiger partial charge >= 0.3 is 5.97 Å². The van der Waals surface area contributed by atoms with Gasteiger partial charge < -0.3 is 14.8 Å². The summed E-state index contributed by atoms with van der Waals surface area (Å²) in [4.78, 5) is 16.8. The zero-order valence-electron chi connectivity index (χ0n) is 18.8. The standard InChI is InChI=1S/C26H22Cl2N2O3S2/c1-2-32-25(31)22-13-20(23-19(28)11-16(27)12-21(23)30-22)29-8-9-33-24-17-6-4-3-5-15(17)14-35-26-18(24)7-10-34-26/h3-7,10-13,24H,2,8-9,14H2,1H3,(H,29,30). The Hall–Kier alpha value is -2.29. The molecule has 0 amide bonds. The number of thiophene rings is 1. The average molecular weight is 546 g/mol. The summed E-state index contributed by atoms with van der Waals surface area (Å²) in [6.07, 6.45) is -0.129. The van der Waals surface area contributed by atoms with Crippen molar-refractivity contribution in [2.75, 3.05) is 25.1 Å². The van der Waals surface area contributed by atoms with Gasteiger partial charge in [0.05, 0.1) is 28.0 Å². The number of halogens is 2. The average Bonchev–Trinajstić information content (AvgIpc) is 3.25. The van der Waals surface area contributed by atoms with E-state index in [1.54, 1.807) is 36.5 Å². The van der Waals surface area contributed by atoms with Crippen molar-refractivity contribution in [1.29, 1.82) is 0 Å². The lowest BCUT2D eigenvalue weighted by Gasteiger charge is -2.20. The monoisotopic (exact) mass is 544 g/mol. The van der Waals surface area contributed by atoms with Crippen molar-refractivity contribution < 1.29 is 14.3 Å². The molecule has 5 nitrogen and oxygen atoms in total. The molecule has 35 heavy (non-hydrogen) atoms. The number of nitrogens with one attached hydrogen (secondary N) is 1. The molecule has 0 saturated carbocycles. The number of esters is 1. The number of ether oxygens (including phenoxy) is 2. The normalized spacial score (nSPS) is 14.8. The third-order valence-electron chi connectivity index (χ3n) is 5.65. The SMILES string of the molecule is CCOC(=O)c1cc(NCCOC2c3ccccc3CSc3sccc32)c2c(Cl)cc(Cl)cc2n1. The maximum atomic E-state index is 12.4. The number of carbonyl (C=O) groups is 1. The number of carbonyl (C=O) groups excluding carboxylic acids is 1. The summed E-state index contributed by atoms with van der Waals surface area (Å²) in [6, 6.07) is 15.6. The Morgan fingerprint density at radius 2 is 2.03 bits per heavy atom. The Labute approximate surface area is 221 Å². The highest BCUT2D eigenvalue weighted by Gasteiger charge is 2.25. The zero-order chi connectivity index (χ0) is 24.4. The van der Waals surface area contributed by atoms with Gasteiger partial charge in [0.1, 0.15) is 6.10 Å². The smallest absolute Gasteiger partial charge is 0.357 e. The van der Waals surface area contributed by atoms with Crippen molar-refractivity contribution >= 4 is 68.9 Å². The molecule has 9 heteroatoms. The number of nitrogens with zero attached hydrogens (tertiary/aromatic N) is 1. The van der Waals surface area contributed by atoms with Crippen molar-refractivity contribution in [3.05, 3.63) is 86.3 Å². The van der Waals surface area contributed by atoms with E-state index in [1.165, 1.54) is 20.9 Å². The minimum atomic E-state index is -0.498. The second kappa shape index (κ2) is 10.8. The van der Waals surface area contributed by atoms with Crippen molar-refractivity contribution in [2.24, 2.45) is 0 Å². The second-order valence-electron chi connectivity index (χ2n) is 7.89. The van der Waals surface area contributed by atoms with Gasteiger partial charge in [-0.05, 0) is 47.7 Å². The van der Waals surface area contributed by atoms with E-state index in [2.05, 4.69) is 46.0 Å². The van der Waals surface area contributed by atoms with Gasteiger partial charge in [-0.15, -0.1) is 23.1 Å². The van der Waals surface area contributed by atoms with Crippen molar-refractivity contribution in [3.8, 4) is 0 Å². The minimum Gasteiger partial charge on any atom is -0.461 e. The summed E-state index contributed by atoms with van der Waals surface area (Å²) in [5.74, 6) is 0.435. The minimum absolute atomic E-state index is 0.129. The number of anilines is 1. The van der Waals surface area contributed by atoms with Crippen LogP contribution < -0.4 is 5.32 Å². The molecule has 5 rings (SSSR count). The van der Waals surface area contributed by atoms with Gasteiger partial charge in [0.2, 0.25) is 0 Å². The van der Waals surface area contributed by atoms with Crippen LogP contribution in [0.1, 0.15) is 40.2 Å². The van der Waals surface area contributed by atoms with Crippen LogP contribution in [0.5, 0.6) is 0 Å². The van der Waals surface area contributed by atoms with Gasteiger partial charge in [0.15, 0.2) is 5.69 Å².